The number of cyclic esters (lactones) is 1. The monoisotopic (exact) mass is 222 g/mol. The zero-order valence-electron chi connectivity index (χ0n) is 9.10. The van der Waals surface area contributed by atoms with Gasteiger partial charge in [-0.1, -0.05) is 12.1 Å². The summed E-state index contributed by atoms with van der Waals surface area (Å²) in [5.74, 6) is 0.641. The number of amides is 1. The number of benzene rings is 1. The molecule has 2 rings (SSSR count). The van der Waals surface area contributed by atoms with Crippen LogP contribution < -0.4 is 15.4 Å². The normalized spacial score (nSPS) is 15.1. The topological polar surface area (TPSA) is 64.8 Å². The number of ether oxygens (including phenoxy) is 2. The lowest BCUT2D eigenvalue weighted by Crippen LogP contribution is -2.25. The molecule has 5 heteroatoms. The molecule has 0 atom stereocenters. The van der Waals surface area contributed by atoms with Gasteiger partial charge in [0.25, 0.3) is 0 Å². The van der Waals surface area contributed by atoms with Crippen LogP contribution >= 0.6 is 0 Å². The van der Waals surface area contributed by atoms with E-state index in [4.69, 9.17) is 15.2 Å². The molecule has 2 N–H and O–H groups in total. The first-order valence-corrected chi connectivity index (χ1v) is 5.08. The molecule has 0 saturated carbocycles. The summed E-state index contributed by atoms with van der Waals surface area (Å²) in [6.07, 6.45) is -0.348. The fraction of sp³-hybridized carbons (Fsp3) is 0.364. The Hall–Kier alpha value is -1.75. The van der Waals surface area contributed by atoms with Crippen molar-refractivity contribution in [1.82, 2.24) is 0 Å². The second-order valence-electron chi connectivity index (χ2n) is 3.44. The van der Waals surface area contributed by atoms with Crippen LogP contribution in [0.4, 0.5) is 10.5 Å². The third-order valence-corrected chi connectivity index (χ3v) is 2.55. The lowest BCUT2D eigenvalue weighted by Gasteiger charge is -2.19. The zero-order valence-corrected chi connectivity index (χ0v) is 9.10. The van der Waals surface area contributed by atoms with E-state index in [1.807, 2.05) is 12.1 Å². The highest BCUT2D eigenvalue weighted by atomic mass is 16.6. The van der Waals surface area contributed by atoms with Crippen molar-refractivity contribution < 1.29 is 14.3 Å². The molecule has 0 radical (unpaired) electrons. The lowest BCUT2D eigenvalue weighted by atomic mass is 10.1. The average Bonchev–Trinajstić information content (AvgIpc) is 2.74. The molecule has 1 heterocycles. The summed E-state index contributed by atoms with van der Waals surface area (Å²) in [6.45, 7) is 1.30. The Morgan fingerprint density at radius 3 is 2.94 bits per heavy atom. The molecule has 16 heavy (non-hydrogen) atoms. The van der Waals surface area contributed by atoms with Gasteiger partial charge in [0.2, 0.25) is 0 Å². The number of carbonyl (C=O) groups excluding carboxylic acids is 1. The van der Waals surface area contributed by atoms with Gasteiger partial charge >= 0.3 is 6.09 Å². The van der Waals surface area contributed by atoms with Gasteiger partial charge in [0.15, 0.2) is 0 Å². The van der Waals surface area contributed by atoms with Crippen LogP contribution in [0, 0.1) is 0 Å². The van der Waals surface area contributed by atoms with E-state index in [0.29, 0.717) is 25.4 Å². The molecule has 1 aliphatic heterocycles. The first kappa shape index (κ1) is 10.8. The highest BCUT2D eigenvalue weighted by Crippen LogP contribution is 2.33. The Kier molecular flexibility index (Phi) is 2.96. The van der Waals surface area contributed by atoms with Crippen molar-refractivity contribution in [3.63, 3.8) is 0 Å². The summed E-state index contributed by atoms with van der Waals surface area (Å²) in [5.41, 5.74) is 7.24. The SMILES string of the molecule is COc1cccc(CN)c1N1CCOC1=O. The van der Waals surface area contributed by atoms with E-state index in [9.17, 15) is 4.79 Å². The van der Waals surface area contributed by atoms with Gasteiger partial charge in [0.1, 0.15) is 12.4 Å². The van der Waals surface area contributed by atoms with Gasteiger partial charge in [-0.3, -0.25) is 4.90 Å². The number of nitrogens with two attached hydrogens (primary N) is 1. The first-order chi connectivity index (χ1) is 7.77. The molecule has 1 amide bonds. The summed E-state index contributed by atoms with van der Waals surface area (Å²) in [4.78, 5) is 13.1. The third kappa shape index (κ3) is 1.69. The van der Waals surface area contributed by atoms with Crippen LogP contribution in [0.25, 0.3) is 0 Å². The molecule has 1 aromatic carbocycles. The molecule has 5 nitrogen and oxygen atoms in total. The second kappa shape index (κ2) is 4.40. The highest BCUT2D eigenvalue weighted by molar-refractivity contribution is 5.92. The number of methoxy groups -OCH3 is 1. The lowest BCUT2D eigenvalue weighted by molar-refractivity contribution is 0.181. The fourth-order valence-electron chi connectivity index (χ4n) is 1.80. The average molecular weight is 222 g/mol. The minimum atomic E-state index is -0.348. The summed E-state index contributed by atoms with van der Waals surface area (Å²) in [7, 11) is 1.57. The molecular formula is C11H14N2O3. The predicted octanol–water partition coefficient (Wildman–Crippen LogP) is 1.11. The van der Waals surface area contributed by atoms with Crippen molar-refractivity contribution in [2.45, 2.75) is 6.54 Å². The molecule has 0 unspecified atom stereocenters. The van der Waals surface area contributed by atoms with E-state index < -0.39 is 0 Å². The first-order valence-electron chi connectivity index (χ1n) is 5.08. The Bertz CT molecular complexity index is 384. The van der Waals surface area contributed by atoms with Crippen molar-refractivity contribution in [3.8, 4) is 5.75 Å². The van der Waals surface area contributed by atoms with E-state index >= 15 is 0 Å². The number of rotatable bonds is 3. The van der Waals surface area contributed by atoms with Gasteiger partial charge < -0.3 is 15.2 Å². The maximum atomic E-state index is 11.5. The van der Waals surface area contributed by atoms with Gasteiger partial charge in [-0.05, 0) is 11.6 Å². The highest BCUT2D eigenvalue weighted by Gasteiger charge is 2.27. The third-order valence-electron chi connectivity index (χ3n) is 2.55. The van der Waals surface area contributed by atoms with Crippen molar-refractivity contribution in [2.75, 3.05) is 25.2 Å². The maximum absolute atomic E-state index is 11.5. The van der Waals surface area contributed by atoms with Crippen molar-refractivity contribution in [3.05, 3.63) is 23.8 Å². The molecule has 0 bridgehead atoms. The quantitative estimate of drug-likeness (QED) is 0.832. The molecular weight excluding hydrogens is 208 g/mol. The number of nitrogens with zero attached hydrogens (tertiary/aromatic N) is 1. The van der Waals surface area contributed by atoms with Crippen molar-refractivity contribution >= 4 is 11.8 Å². The fourth-order valence-corrected chi connectivity index (χ4v) is 1.80. The van der Waals surface area contributed by atoms with Crippen LogP contribution in [0.5, 0.6) is 5.75 Å². The summed E-state index contributed by atoms with van der Waals surface area (Å²) >= 11 is 0. The van der Waals surface area contributed by atoms with Gasteiger partial charge in [-0.2, -0.15) is 0 Å². The number of carbonyl (C=O) groups is 1. The molecule has 0 spiro atoms. The molecule has 86 valence electrons. The molecule has 1 aliphatic rings. The summed E-state index contributed by atoms with van der Waals surface area (Å²) in [6, 6.07) is 5.54. The Balaban J connectivity index is 2.47. The van der Waals surface area contributed by atoms with Gasteiger partial charge in [-0.15, -0.1) is 0 Å². The van der Waals surface area contributed by atoms with Crippen LogP contribution in [0.1, 0.15) is 5.56 Å². The van der Waals surface area contributed by atoms with E-state index in [1.165, 1.54) is 0 Å². The predicted molar refractivity (Wildman–Crippen MR) is 59.6 cm³/mol. The minimum absolute atomic E-state index is 0.348. The molecule has 0 aliphatic carbocycles. The second-order valence-corrected chi connectivity index (χ2v) is 3.44. The van der Waals surface area contributed by atoms with Crippen molar-refractivity contribution in [1.29, 1.82) is 0 Å². The van der Waals surface area contributed by atoms with Crippen LogP contribution in [-0.4, -0.2) is 26.4 Å². The van der Waals surface area contributed by atoms with Gasteiger partial charge in [-0.25, -0.2) is 4.79 Å². The van der Waals surface area contributed by atoms with E-state index in [0.717, 1.165) is 11.3 Å². The number of para-hydroxylation sites is 1. The maximum Gasteiger partial charge on any atom is 0.414 e. The molecule has 0 aromatic heterocycles. The zero-order chi connectivity index (χ0) is 11.5. The molecule has 1 fully saturated rings. The van der Waals surface area contributed by atoms with Crippen LogP contribution in [-0.2, 0) is 11.3 Å². The Labute approximate surface area is 93.7 Å². The smallest absolute Gasteiger partial charge is 0.414 e. The molecule has 1 saturated heterocycles. The van der Waals surface area contributed by atoms with Crippen molar-refractivity contribution in [2.24, 2.45) is 5.73 Å². The van der Waals surface area contributed by atoms with Crippen LogP contribution in [0.15, 0.2) is 18.2 Å². The number of hydrogen-bond donors (Lipinski definition) is 1. The van der Waals surface area contributed by atoms with E-state index in [-0.39, 0.29) is 6.09 Å². The minimum Gasteiger partial charge on any atom is -0.495 e. The van der Waals surface area contributed by atoms with E-state index in [2.05, 4.69) is 0 Å². The standard InChI is InChI=1S/C11H14N2O3/c1-15-9-4-2-3-8(7-12)10(9)13-5-6-16-11(13)14/h2-4H,5-7,12H2,1H3. The van der Waals surface area contributed by atoms with Crippen LogP contribution in [0.3, 0.4) is 0 Å². The Morgan fingerprint density at radius 2 is 2.38 bits per heavy atom. The summed E-state index contributed by atoms with van der Waals surface area (Å²) in [5, 5.41) is 0. The summed E-state index contributed by atoms with van der Waals surface area (Å²) < 4.78 is 10.2. The van der Waals surface area contributed by atoms with Gasteiger partial charge in [0, 0.05) is 6.54 Å². The van der Waals surface area contributed by atoms with Gasteiger partial charge in [0.05, 0.1) is 19.3 Å². The molecule has 1 aromatic rings. The number of anilines is 1. The van der Waals surface area contributed by atoms with E-state index in [1.54, 1.807) is 18.1 Å². The Morgan fingerprint density at radius 1 is 1.56 bits per heavy atom. The number of hydrogen-bond acceptors (Lipinski definition) is 4. The largest absolute Gasteiger partial charge is 0.495 e. The van der Waals surface area contributed by atoms with Crippen LogP contribution in [0.2, 0.25) is 0 Å².